The van der Waals surface area contributed by atoms with Gasteiger partial charge in [-0.2, -0.15) is 0 Å². The Morgan fingerprint density at radius 2 is 1.90 bits per heavy atom. The average Bonchev–Trinajstić information content (AvgIpc) is 2.33. The summed E-state index contributed by atoms with van der Waals surface area (Å²) in [6.07, 6.45) is 6.04. The molecule has 21 heavy (non-hydrogen) atoms. The largest absolute Gasteiger partial charge is 0.357 e. The lowest BCUT2D eigenvalue weighted by Crippen LogP contribution is -2.42. The molecular weight excluding hydrogens is 403 g/mol. The molecule has 0 aliphatic heterocycles. The van der Waals surface area contributed by atoms with Crippen molar-refractivity contribution in [2.75, 3.05) is 18.8 Å². The fraction of sp³-hybridized carbons (Fsp3) is 0.923. The van der Waals surface area contributed by atoms with Crippen molar-refractivity contribution in [1.29, 1.82) is 0 Å². The van der Waals surface area contributed by atoms with E-state index in [9.17, 15) is 8.42 Å². The molecule has 0 amide bonds. The van der Waals surface area contributed by atoms with Crippen LogP contribution in [0.2, 0.25) is 0 Å². The summed E-state index contributed by atoms with van der Waals surface area (Å²) in [4.78, 5) is 4.22. The number of nitrogens with two attached hydrogens (primary N) is 1. The quantitative estimate of drug-likeness (QED) is 0.212. The molecule has 4 N–H and O–H groups in total. The Morgan fingerprint density at radius 1 is 1.24 bits per heavy atom. The van der Waals surface area contributed by atoms with E-state index in [4.69, 9.17) is 5.14 Å². The summed E-state index contributed by atoms with van der Waals surface area (Å²) in [6.45, 7) is 7.20. The second kappa shape index (κ2) is 13.6. The summed E-state index contributed by atoms with van der Waals surface area (Å²) < 4.78 is 21.7. The van der Waals surface area contributed by atoms with Crippen LogP contribution >= 0.6 is 24.0 Å². The van der Waals surface area contributed by atoms with Crippen LogP contribution in [0.4, 0.5) is 0 Å². The molecule has 0 bridgehead atoms. The van der Waals surface area contributed by atoms with Crippen molar-refractivity contribution in [1.82, 2.24) is 10.6 Å². The van der Waals surface area contributed by atoms with Crippen LogP contribution in [0.15, 0.2) is 4.99 Å². The molecule has 0 aliphatic carbocycles. The van der Waals surface area contributed by atoms with Crippen molar-refractivity contribution in [2.45, 2.75) is 58.9 Å². The Hall–Kier alpha value is -0.0900. The molecule has 0 saturated carbocycles. The Balaban J connectivity index is 0. The van der Waals surface area contributed by atoms with E-state index < -0.39 is 10.0 Å². The average molecular weight is 434 g/mol. The molecule has 0 rings (SSSR count). The van der Waals surface area contributed by atoms with Gasteiger partial charge in [-0.05, 0) is 20.3 Å². The zero-order valence-electron chi connectivity index (χ0n) is 13.4. The van der Waals surface area contributed by atoms with Crippen molar-refractivity contribution in [2.24, 2.45) is 10.1 Å². The van der Waals surface area contributed by atoms with Gasteiger partial charge in [0, 0.05) is 12.6 Å². The monoisotopic (exact) mass is 434 g/mol. The number of aliphatic imine (C=N–C) groups is 1. The van der Waals surface area contributed by atoms with Crippen LogP contribution in [0.3, 0.4) is 0 Å². The van der Waals surface area contributed by atoms with Gasteiger partial charge in [0.1, 0.15) is 0 Å². The highest BCUT2D eigenvalue weighted by Crippen LogP contribution is 2.05. The number of guanidine groups is 1. The van der Waals surface area contributed by atoms with Crippen molar-refractivity contribution >= 4 is 40.0 Å². The van der Waals surface area contributed by atoms with E-state index in [2.05, 4.69) is 29.5 Å². The number of nitrogens with one attached hydrogen (secondary N) is 2. The van der Waals surface area contributed by atoms with Crippen molar-refractivity contribution in [3.63, 3.8) is 0 Å². The number of primary sulfonamides is 1. The molecule has 0 spiro atoms. The van der Waals surface area contributed by atoms with Crippen LogP contribution in [0.25, 0.3) is 0 Å². The molecule has 8 heteroatoms. The Bertz CT molecular complexity index is 374. The summed E-state index contributed by atoms with van der Waals surface area (Å²) >= 11 is 0. The zero-order valence-corrected chi connectivity index (χ0v) is 16.5. The third kappa shape index (κ3) is 16.1. The maximum Gasteiger partial charge on any atom is 0.210 e. The summed E-state index contributed by atoms with van der Waals surface area (Å²) in [5, 5.41) is 11.3. The standard InChI is InChI=1S/C13H30N4O2S.HI/c1-4-6-7-8-9-12(3)17-13(15-5-2)16-10-11-20(14,18)19;/h12H,4-11H2,1-3H3,(H2,14,18,19)(H2,15,16,17);1H. The molecule has 1 atom stereocenters. The van der Waals surface area contributed by atoms with Crippen molar-refractivity contribution < 1.29 is 8.42 Å². The first-order chi connectivity index (χ1) is 9.39. The number of sulfonamides is 1. The fourth-order valence-electron chi connectivity index (χ4n) is 1.79. The van der Waals surface area contributed by atoms with Crippen LogP contribution in [0.1, 0.15) is 52.9 Å². The molecule has 0 aromatic heterocycles. The van der Waals surface area contributed by atoms with Gasteiger partial charge in [0.2, 0.25) is 10.0 Å². The minimum Gasteiger partial charge on any atom is -0.357 e. The first-order valence-electron chi connectivity index (χ1n) is 7.44. The highest BCUT2D eigenvalue weighted by atomic mass is 127. The molecule has 0 aliphatic rings. The highest BCUT2D eigenvalue weighted by Gasteiger charge is 2.06. The number of rotatable bonds is 10. The van der Waals surface area contributed by atoms with Crippen LogP contribution in [0.5, 0.6) is 0 Å². The van der Waals surface area contributed by atoms with Gasteiger partial charge in [0.25, 0.3) is 0 Å². The SMILES string of the molecule is CCCCCCC(C)NC(=NCCS(N)(=O)=O)NCC.I. The Morgan fingerprint density at radius 3 is 2.43 bits per heavy atom. The van der Waals surface area contributed by atoms with Crippen LogP contribution in [-0.2, 0) is 10.0 Å². The topological polar surface area (TPSA) is 96.6 Å². The number of nitrogens with zero attached hydrogens (tertiary/aromatic N) is 1. The molecule has 0 radical (unpaired) electrons. The second-order valence-corrected chi connectivity index (χ2v) is 6.76. The second-order valence-electron chi connectivity index (χ2n) is 5.02. The summed E-state index contributed by atoms with van der Waals surface area (Å²) in [5.41, 5.74) is 0. The van der Waals surface area contributed by atoms with E-state index in [1.807, 2.05) is 6.92 Å². The van der Waals surface area contributed by atoms with Gasteiger partial charge in [-0.15, -0.1) is 24.0 Å². The lowest BCUT2D eigenvalue weighted by atomic mass is 10.1. The molecule has 0 saturated heterocycles. The number of halogens is 1. The molecule has 0 aromatic carbocycles. The third-order valence-electron chi connectivity index (χ3n) is 2.86. The number of hydrogen-bond donors (Lipinski definition) is 3. The number of hydrogen-bond acceptors (Lipinski definition) is 3. The molecule has 1 unspecified atom stereocenters. The van der Waals surface area contributed by atoms with Gasteiger partial charge in [-0.1, -0.05) is 32.6 Å². The predicted octanol–water partition coefficient (Wildman–Crippen LogP) is 1.81. The van der Waals surface area contributed by atoms with E-state index in [0.29, 0.717) is 12.0 Å². The molecule has 0 heterocycles. The number of unbranched alkanes of at least 4 members (excludes halogenated alkanes) is 3. The summed E-state index contributed by atoms with van der Waals surface area (Å²) in [5.74, 6) is 0.521. The molecule has 128 valence electrons. The van der Waals surface area contributed by atoms with Crippen molar-refractivity contribution in [3.8, 4) is 0 Å². The lowest BCUT2D eigenvalue weighted by Gasteiger charge is -2.17. The molecule has 0 fully saturated rings. The maximum absolute atomic E-state index is 10.9. The predicted molar refractivity (Wildman–Crippen MR) is 101 cm³/mol. The third-order valence-corrected chi connectivity index (χ3v) is 3.62. The lowest BCUT2D eigenvalue weighted by molar-refractivity contribution is 0.537. The Labute approximate surface area is 146 Å². The molecule has 6 nitrogen and oxygen atoms in total. The summed E-state index contributed by atoms with van der Waals surface area (Å²) in [6, 6.07) is 0.319. The van der Waals surface area contributed by atoms with E-state index in [0.717, 1.165) is 13.0 Å². The van der Waals surface area contributed by atoms with Gasteiger partial charge >= 0.3 is 0 Å². The molecule has 0 aromatic rings. The fourth-order valence-corrected chi connectivity index (χ4v) is 2.13. The van der Waals surface area contributed by atoms with Crippen LogP contribution in [-0.4, -0.2) is 39.3 Å². The van der Waals surface area contributed by atoms with E-state index in [-0.39, 0.29) is 36.3 Å². The smallest absolute Gasteiger partial charge is 0.210 e. The van der Waals surface area contributed by atoms with Gasteiger partial charge < -0.3 is 10.6 Å². The minimum atomic E-state index is -3.45. The molecular formula is C13H31IN4O2S. The van der Waals surface area contributed by atoms with E-state index in [1.165, 1.54) is 25.7 Å². The Kier molecular flexibility index (Phi) is 15.0. The highest BCUT2D eigenvalue weighted by molar-refractivity contribution is 14.0. The van der Waals surface area contributed by atoms with Gasteiger partial charge in [0.05, 0.1) is 12.3 Å². The van der Waals surface area contributed by atoms with Crippen LogP contribution < -0.4 is 15.8 Å². The first kappa shape index (κ1) is 23.2. The van der Waals surface area contributed by atoms with Gasteiger partial charge in [-0.25, -0.2) is 13.6 Å². The summed E-state index contributed by atoms with van der Waals surface area (Å²) in [7, 11) is -3.45. The maximum atomic E-state index is 10.9. The zero-order chi connectivity index (χ0) is 15.4. The van der Waals surface area contributed by atoms with E-state index in [1.54, 1.807) is 0 Å². The van der Waals surface area contributed by atoms with E-state index >= 15 is 0 Å². The van der Waals surface area contributed by atoms with Gasteiger partial charge in [-0.3, -0.25) is 4.99 Å². The van der Waals surface area contributed by atoms with Crippen LogP contribution in [0, 0.1) is 0 Å². The normalized spacial score (nSPS) is 13.4. The van der Waals surface area contributed by atoms with Gasteiger partial charge in [0.15, 0.2) is 5.96 Å². The first-order valence-corrected chi connectivity index (χ1v) is 9.16. The van der Waals surface area contributed by atoms with Crippen molar-refractivity contribution in [3.05, 3.63) is 0 Å². The minimum absolute atomic E-state index is 0.